The maximum atomic E-state index is 12.9. The summed E-state index contributed by atoms with van der Waals surface area (Å²) in [6.07, 6.45) is 0. The van der Waals surface area contributed by atoms with E-state index < -0.39 is 28.7 Å². The molecule has 7 heteroatoms. The number of nitrogens with zero attached hydrogens (tertiary/aromatic N) is 1. The van der Waals surface area contributed by atoms with Gasteiger partial charge in [-0.3, -0.25) is 9.59 Å². The number of hydrogen-bond acceptors (Lipinski definition) is 4. The lowest BCUT2D eigenvalue weighted by Crippen LogP contribution is -2.56. The highest BCUT2D eigenvalue weighted by Gasteiger charge is 2.57. The topological polar surface area (TPSA) is 86.7 Å². The number of aliphatic carboxylic acids is 1. The molecule has 134 valence electrons. The number of rotatable bonds is 4. The fourth-order valence-electron chi connectivity index (χ4n) is 3.55. The molecule has 6 nitrogen and oxygen atoms in total. The van der Waals surface area contributed by atoms with Gasteiger partial charge >= 0.3 is 5.97 Å². The van der Waals surface area contributed by atoms with Crippen molar-refractivity contribution in [2.75, 3.05) is 0 Å². The second-order valence-corrected chi connectivity index (χ2v) is 9.08. The summed E-state index contributed by atoms with van der Waals surface area (Å²) in [5.74, 6) is -1.90. The third-order valence-electron chi connectivity index (χ3n) is 4.78. The van der Waals surface area contributed by atoms with Crippen LogP contribution in [-0.2, 0) is 9.59 Å². The van der Waals surface area contributed by atoms with Gasteiger partial charge in [-0.2, -0.15) is 0 Å². The van der Waals surface area contributed by atoms with Crippen molar-refractivity contribution < 1.29 is 19.5 Å². The molecule has 1 fully saturated rings. The van der Waals surface area contributed by atoms with Crippen molar-refractivity contribution in [3.8, 4) is 0 Å². The highest BCUT2D eigenvalue weighted by atomic mass is 32.2. The van der Waals surface area contributed by atoms with Crippen LogP contribution in [0.4, 0.5) is 0 Å². The number of nitrogens with one attached hydrogen (secondary N) is 1. The predicted molar refractivity (Wildman–Crippen MR) is 95.2 cm³/mol. The van der Waals surface area contributed by atoms with Crippen molar-refractivity contribution in [2.45, 2.75) is 49.9 Å². The van der Waals surface area contributed by atoms with Gasteiger partial charge in [-0.1, -0.05) is 32.0 Å². The molecule has 3 atom stereocenters. The van der Waals surface area contributed by atoms with Gasteiger partial charge in [0.05, 0.1) is 0 Å². The fourth-order valence-corrected chi connectivity index (χ4v) is 5.14. The van der Waals surface area contributed by atoms with Crippen LogP contribution in [0.15, 0.2) is 24.3 Å². The van der Waals surface area contributed by atoms with E-state index in [4.69, 9.17) is 0 Å². The Bertz CT molecular complexity index is 746. The Balaban J connectivity index is 1.93. The van der Waals surface area contributed by atoms with Crippen molar-refractivity contribution >= 4 is 29.5 Å². The summed E-state index contributed by atoms with van der Waals surface area (Å²) in [6.45, 7) is 7.32. The van der Waals surface area contributed by atoms with Crippen LogP contribution in [0.2, 0.25) is 0 Å². The first kappa shape index (κ1) is 17.8. The Labute approximate surface area is 151 Å². The van der Waals surface area contributed by atoms with Crippen LogP contribution >= 0.6 is 11.8 Å². The van der Waals surface area contributed by atoms with Gasteiger partial charge in [0.15, 0.2) is 0 Å². The van der Waals surface area contributed by atoms with E-state index in [1.165, 1.54) is 0 Å². The minimum Gasteiger partial charge on any atom is -0.480 e. The highest BCUT2D eigenvalue weighted by Crippen LogP contribution is 2.56. The molecule has 1 aromatic carbocycles. The zero-order chi connectivity index (χ0) is 18.5. The van der Waals surface area contributed by atoms with Gasteiger partial charge in [-0.05, 0) is 31.4 Å². The van der Waals surface area contributed by atoms with Crippen molar-refractivity contribution in [3.05, 3.63) is 35.4 Å². The Morgan fingerprint density at radius 3 is 2.52 bits per heavy atom. The zero-order valence-electron chi connectivity index (χ0n) is 14.6. The van der Waals surface area contributed by atoms with Gasteiger partial charge in [0.1, 0.15) is 17.5 Å². The van der Waals surface area contributed by atoms with Crippen LogP contribution in [0.1, 0.15) is 49.0 Å². The molecule has 2 N–H and O–H groups in total. The Hall–Kier alpha value is -2.02. The maximum Gasteiger partial charge on any atom is 0.326 e. The molecule has 0 bridgehead atoms. The van der Waals surface area contributed by atoms with E-state index in [9.17, 15) is 19.5 Å². The lowest BCUT2D eigenvalue weighted by Gasteiger charge is -2.31. The van der Waals surface area contributed by atoms with Gasteiger partial charge < -0.3 is 15.3 Å². The Morgan fingerprint density at radius 1 is 1.28 bits per heavy atom. The number of carboxylic acids is 1. The molecule has 0 saturated carbocycles. The number of thioether (sulfide) groups is 1. The van der Waals surface area contributed by atoms with E-state index in [2.05, 4.69) is 5.32 Å². The molecule has 0 radical (unpaired) electrons. The largest absolute Gasteiger partial charge is 0.480 e. The lowest BCUT2D eigenvalue weighted by molar-refractivity contribution is -0.144. The quantitative estimate of drug-likeness (QED) is 0.858. The minimum absolute atomic E-state index is 0.171. The molecule has 2 aliphatic rings. The van der Waals surface area contributed by atoms with Crippen molar-refractivity contribution in [2.24, 2.45) is 5.92 Å². The standard InChI is InChI=1S/C18H22N2O4S/c1-9(2)12(17(23)24)19-14(21)13-18(3,4)25-16-11-8-6-5-7-10(11)15(22)20(13)16/h5-9,12-13,16H,1-4H3,(H,19,21)(H,23,24)/t12-,13-,16?/m1/s1. The van der Waals surface area contributed by atoms with Crippen LogP contribution in [-0.4, -0.2) is 44.6 Å². The van der Waals surface area contributed by atoms with Crippen LogP contribution in [0.3, 0.4) is 0 Å². The summed E-state index contributed by atoms with van der Waals surface area (Å²) in [5.41, 5.74) is 1.53. The molecule has 25 heavy (non-hydrogen) atoms. The van der Waals surface area contributed by atoms with E-state index in [-0.39, 0.29) is 17.2 Å². The van der Waals surface area contributed by atoms with Crippen molar-refractivity contribution in [1.82, 2.24) is 10.2 Å². The SMILES string of the molecule is CC(C)[C@@H](NC(=O)[C@H]1N2C(=O)c3ccccc3C2SC1(C)C)C(=O)O. The fraction of sp³-hybridized carbons (Fsp3) is 0.500. The van der Waals surface area contributed by atoms with Gasteiger partial charge in [0, 0.05) is 10.3 Å². The van der Waals surface area contributed by atoms with E-state index in [1.807, 2.05) is 32.0 Å². The van der Waals surface area contributed by atoms with E-state index in [0.717, 1.165) is 5.56 Å². The number of carboxylic acid groups (broad SMARTS) is 1. The average Bonchev–Trinajstić information content (AvgIpc) is 2.95. The lowest BCUT2D eigenvalue weighted by atomic mass is 9.98. The monoisotopic (exact) mass is 362 g/mol. The molecule has 0 aliphatic carbocycles. The summed E-state index contributed by atoms with van der Waals surface area (Å²) < 4.78 is -0.516. The number of fused-ring (bicyclic) bond motifs is 3. The molecule has 3 rings (SSSR count). The number of amides is 2. The molecule has 1 saturated heterocycles. The molecular weight excluding hydrogens is 340 g/mol. The summed E-state index contributed by atoms with van der Waals surface area (Å²) in [6, 6.07) is 5.68. The minimum atomic E-state index is -1.07. The second kappa shape index (κ2) is 6.05. The Morgan fingerprint density at radius 2 is 1.92 bits per heavy atom. The van der Waals surface area contributed by atoms with Crippen molar-refractivity contribution in [3.63, 3.8) is 0 Å². The normalized spacial score (nSPS) is 24.8. The first-order valence-electron chi connectivity index (χ1n) is 8.27. The van der Waals surface area contributed by atoms with Gasteiger partial charge in [0.25, 0.3) is 5.91 Å². The number of hydrogen-bond donors (Lipinski definition) is 2. The average molecular weight is 362 g/mol. The molecule has 0 spiro atoms. The molecule has 2 heterocycles. The van der Waals surface area contributed by atoms with E-state index in [0.29, 0.717) is 5.56 Å². The predicted octanol–water partition coefficient (Wildman–Crippen LogP) is 2.26. The van der Waals surface area contributed by atoms with E-state index >= 15 is 0 Å². The van der Waals surface area contributed by atoms with Crippen LogP contribution < -0.4 is 5.32 Å². The smallest absolute Gasteiger partial charge is 0.326 e. The summed E-state index contributed by atoms with van der Waals surface area (Å²) >= 11 is 1.56. The molecule has 1 aromatic rings. The number of carbonyl (C=O) groups is 3. The number of carbonyl (C=O) groups excluding carboxylic acids is 2. The van der Waals surface area contributed by atoms with Crippen LogP contribution in [0, 0.1) is 5.92 Å². The van der Waals surface area contributed by atoms with Gasteiger partial charge in [0.2, 0.25) is 5.91 Å². The molecule has 2 aliphatic heterocycles. The van der Waals surface area contributed by atoms with Crippen LogP contribution in [0.25, 0.3) is 0 Å². The van der Waals surface area contributed by atoms with E-state index in [1.54, 1.807) is 36.6 Å². The van der Waals surface area contributed by atoms with Gasteiger partial charge in [-0.25, -0.2) is 4.79 Å². The zero-order valence-corrected chi connectivity index (χ0v) is 15.5. The summed E-state index contributed by atoms with van der Waals surface area (Å²) in [7, 11) is 0. The summed E-state index contributed by atoms with van der Waals surface area (Å²) in [4.78, 5) is 38.8. The van der Waals surface area contributed by atoms with Crippen molar-refractivity contribution in [1.29, 1.82) is 0 Å². The maximum absolute atomic E-state index is 12.9. The molecule has 2 amide bonds. The second-order valence-electron chi connectivity index (χ2n) is 7.34. The first-order chi connectivity index (χ1) is 11.6. The third kappa shape index (κ3) is 2.80. The Kier molecular flexibility index (Phi) is 4.31. The molecule has 0 aromatic heterocycles. The van der Waals surface area contributed by atoms with Crippen LogP contribution in [0.5, 0.6) is 0 Å². The third-order valence-corrected chi connectivity index (χ3v) is 6.31. The molecule has 1 unspecified atom stereocenters. The summed E-state index contributed by atoms with van der Waals surface area (Å²) in [5, 5.41) is 11.8. The highest BCUT2D eigenvalue weighted by molar-refractivity contribution is 8.01. The first-order valence-corrected chi connectivity index (χ1v) is 9.15. The number of benzene rings is 1. The molecular formula is C18H22N2O4S. The van der Waals surface area contributed by atoms with Gasteiger partial charge in [-0.15, -0.1) is 11.8 Å².